The number of rotatable bonds is 6. The van der Waals surface area contributed by atoms with Crippen molar-refractivity contribution in [3.8, 4) is 17.1 Å². The van der Waals surface area contributed by atoms with Crippen molar-refractivity contribution in [1.82, 2.24) is 20.5 Å². The molecule has 2 heterocycles. The second-order valence-electron chi connectivity index (χ2n) is 7.03. The summed E-state index contributed by atoms with van der Waals surface area (Å²) in [5.74, 6) is 0.844. The van der Waals surface area contributed by atoms with Crippen molar-refractivity contribution < 1.29 is 9.53 Å². The van der Waals surface area contributed by atoms with Gasteiger partial charge in [0.1, 0.15) is 0 Å². The van der Waals surface area contributed by atoms with Gasteiger partial charge in [0.05, 0.1) is 24.5 Å². The molecule has 1 aliphatic rings. The number of nitrogens with one attached hydrogen (secondary N) is 1. The third kappa shape index (κ3) is 3.86. The first-order valence-corrected chi connectivity index (χ1v) is 9.36. The van der Waals surface area contributed by atoms with E-state index >= 15 is 0 Å². The summed E-state index contributed by atoms with van der Waals surface area (Å²) in [6.45, 7) is 2.04. The third-order valence-electron chi connectivity index (χ3n) is 5.02. The monoisotopic (exact) mass is 374 g/mol. The Hall–Kier alpha value is -3.28. The van der Waals surface area contributed by atoms with Crippen molar-refractivity contribution in [1.29, 1.82) is 0 Å². The van der Waals surface area contributed by atoms with E-state index in [4.69, 9.17) is 4.74 Å². The predicted octanol–water partition coefficient (Wildman–Crippen LogP) is 3.74. The smallest absolute Gasteiger partial charge is 0.251 e. The van der Waals surface area contributed by atoms with Crippen molar-refractivity contribution in [3.63, 3.8) is 0 Å². The molecule has 1 fully saturated rings. The summed E-state index contributed by atoms with van der Waals surface area (Å²) in [4.78, 5) is 17.3. The molecule has 1 atom stereocenters. The summed E-state index contributed by atoms with van der Waals surface area (Å²) in [6, 6.07) is 14.9. The summed E-state index contributed by atoms with van der Waals surface area (Å²) in [7, 11) is 1.55. The number of amides is 1. The van der Waals surface area contributed by atoms with Gasteiger partial charge in [0.15, 0.2) is 0 Å². The summed E-state index contributed by atoms with van der Waals surface area (Å²) < 4.78 is 5.03. The van der Waals surface area contributed by atoms with Crippen LogP contribution >= 0.6 is 0 Å². The quantitative estimate of drug-likeness (QED) is 0.711. The molecular weight excluding hydrogens is 352 g/mol. The highest BCUT2D eigenvalue weighted by Gasteiger charge is 2.35. The van der Waals surface area contributed by atoms with E-state index < -0.39 is 0 Å². The van der Waals surface area contributed by atoms with Crippen LogP contribution in [-0.2, 0) is 0 Å². The average Bonchev–Trinajstić information content (AvgIpc) is 3.58. The molecule has 1 aromatic carbocycles. The minimum Gasteiger partial charge on any atom is -0.480 e. The molecule has 1 N–H and O–H groups in total. The van der Waals surface area contributed by atoms with Gasteiger partial charge in [-0.05, 0) is 55.5 Å². The summed E-state index contributed by atoms with van der Waals surface area (Å²) in [5.41, 5.74) is 4.31. The Bertz CT molecular complexity index is 967. The second-order valence-corrected chi connectivity index (χ2v) is 7.03. The van der Waals surface area contributed by atoms with E-state index in [1.165, 1.54) is 0 Å². The zero-order chi connectivity index (χ0) is 19.5. The Labute approximate surface area is 164 Å². The molecule has 0 spiro atoms. The minimum absolute atomic E-state index is 0.0409. The lowest BCUT2D eigenvalue weighted by atomic mass is 10.0. The molecule has 1 aliphatic carbocycles. The highest BCUT2D eigenvalue weighted by molar-refractivity contribution is 5.95. The molecule has 3 aromatic rings. The summed E-state index contributed by atoms with van der Waals surface area (Å²) in [5, 5.41) is 11.3. The van der Waals surface area contributed by atoms with Crippen molar-refractivity contribution in [3.05, 3.63) is 71.5 Å². The van der Waals surface area contributed by atoms with Crippen LogP contribution < -0.4 is 10.1 Å². The molecular formula is C22H22N4O2. The number of methoxy groups -OCH3 is 1. The molecule has 1 amide bonds. The Morgan fingerprint density at radius 1 is 1.11 bits per heavy atom. The number of hydrogen-bond donors (Lipinski definition) is 1. The van der Waals surface area contributed by atoms with Crippen LogP contribution in [0.3, 0.4) is 0 Å². The SMILES string of the molecule is COc1ccc(-c2ccc(C(=O)N[C@H](c3ncccc3C)C3CC3)cc2)nn1. The average molecular weight is 374 g/mol. The molecule has 0 radical (unpaired) electrons. The largest absolute Gasteiger partial charge is 0.480 e. The lowest BCUT2D eigenvalue weighted by Crippen LogP contribution is -2.31. The number of nitrogens with zero attached hydrogens (tertiary/aromatic N) is 3. The Morgan fingerprint density at radius 3 is 2.50 bits per heavy atom. The van der Waals surface area contributed by atoms with Gasteiger partial charge in [0.25, 0.3) is 5.91 Å². The van der Waals surface area contributed by atoms with Gasteiger partial charge in [0, 0.05) is 23.4 Å². The lowest BCUT2D eigenvalue weighted by Gasteiger charge is -2.19. The normalized spacial score (nSPS) is 14.4. The van der Waals surface area contributed by atoms with Crippen molar-refractivity contribution >= 4 is 5.91 Å². The first kappa shape index (κ1) is 18.1. The third-order valence-corrected chi connectivity index (χ3v) is 5.02. The summed E-state index contributed by atoms with van der Waals surface area (Å²) >= 11 is 0. The van der Waals surface area contributed by atoms with Crippen LogP contribution in [0.1, 0.15) is 40.5 Å². The maximum absolute atomic E-state index is 12.8. The molecule has 4 rings (SSSR count). The second kappa shape index (κ2) is 7.76. The minimum atomic E-state index is -0.0886. The molecule has 2 aromatic heterocycles. The van der Waals surface area contributed by atoms with Gasteiger partial charge in [-0.1, -0.05) is 18.2 Å². The number of hydrogen-bond acceptors (Lipinski definition) is 5. The first-order chi connectivity index (χ1) is 13.7. The number of aryl methyl sites for hydroxylation is 1. The van der Waals surface area contributed by atoms with Crippen LogP contribution in [-0.4, -0.2) is 28.2 Å². The fourth-order valence-electron chi connectivity index (χ4n) is 3.26. The number of benzene rings is 1. The molecule has 28 heavy (non-hydrogen) atoms. The van der Waals surface area contributed by atoms with Gasteiger partial charge in [-0.3, -0.25) is 9.78 Å². The van der Waals surface area contributed by atoms with E-state index in [1.807, 2.05) is 49.4 Å². The van der Waals surface area contributed by atoms with Crippen LogP contribution in [0.2, 0.25) is 0 Å². The lowest BCUT2D eigenvalue weighted by molar-refractivity contribution is 0.0930. The van der Waals surface area contributed by atoms with Gasteiger partial charge in [-0.15, -0.1) is 10.2 Å². The van der Waals surface area contributed by atoms with Crippen LogP contribution in [0.4, 0.5) is 0 Å². The Kier molecular flexibility index (Phi) is 5.02. The van der Waals surface area contributed by atoms with Crippen LogP contribution in [0.15, 0.2) is 54.7 Å². The number of aromatic nitrogens is 3. The first-order valence-electron chi connectivity index (χ1n) is 9.36. The van der Waals surface area contributed by atoms with E-state index in [9.17, 15) is 4.79 Å². The Balaban J connectivity index is 1.50. The molecule has 6 heteroatoms. The van der Waals surface area contributed by atoms with Crippen molar-refractivity contribution in [2.24, 2.45) is 5.92 Å². The maximum Gasteiger partial charge on any atom is 0.251 e. The van der Waals surface area contributed by atoms with Gasteiger partial charge >= 0.3 is 0 Å². The van der Waals surface area contributed by atoms with E-state index in [1.54, 1.807) is 19.4 Å². The fourth-order valence-corrected chi connectivity index (χ4v) is 3.26. The molecule has 6 nitrogen and oxygen atoms in total. The number of carbonyl (C=O) groups is 1. The topological polar surface area (TPSA) is 77.0 Å². The van der Waals surface area contributed by atoms with Gasteiger partial charge in [-0.2, -0.15) is 0 Å². The highest BCUT2D eigenvalue weighted by atomic mass is 16.5. The van der Waals surface area contributed by atoms with Gasteiger partial charge in [0.2, 0.25) is 5.88 Å². The van der Waals surface area contributed by atoms with E-state index in [2.05, 4.69) is 20.5 Å². The van der Waals surface area contributed by atoms with Crippen molar-refractivity contribution in [2.45, 2.75) is 25.8 Å². The number of pyridine rings is 1. The van der Waals surface area contributed by atoms with Crippen LogP contribution in [0.25, 0.3) is 11.3 Å². The molecule has 0 bridgehead atoms. The zero-order valence-corrected chi connectivity index (χ0v) is 15.9. The van der Waals surface area contributed by atoms with Gasteiger partial charge < -0.3 is 10.1 Å². The van der Waals surface area contributed by atoms with Crippen LogP contribution in [0.5, 0.6) is 5.88 Å². The molecule has 0 aliphatic heterocycles. The zero-order valence-electron chi connectivity index (χ0n) is 15.9. The molecule has 142 valence electrons. The maximum atomic E-state index is 12.8. The van der Waals surface area contributed by atoms with Crippen molar-refractivity contribution in [2.75, 3.05) is 7.11 Å². The number of carbonyl (C=O) groups excluding carboxylic acids is 1. The summed E-state index contributed by atoms with van der Waals surface area (Å²) in [6.07, 6.45) is 4.03. The standard InChI is InChI=1S/C22H22N4O2/c1-14-4-3-13-23-20(14)21(16-7-8-16)24-22(27)17-9-5-15(6-10-17)18-11-12-19(28-2)26-25-18/h3-6,9-13,16,21H,7-8H2,1-2H3,(H,24,27)/t21-/m0/s1. The van der Waals surface area contributed by atoms with E-state index in [0.717, 1.165) is 35.4 Å². The highest BCUT2D eigenvalue weighted by Crippen LogP contribution is 2.41. The number of ether oxygens (including phenoxy) is 1. The molecule has 0 saturated heterocycles. The van der Waals surface area contributed by atoms with Gasteiger partial charge in [-0.25, -0.2) is 0 Å². The Morgan fingerprint density at radius 2 is 1.89 bits per heavy atom. The molecule has 0 unspecified atom stereocenters. The van der Waals surface area contributed by atoms with E-state index in [-0.39, 0.29) is 11.9 Å². The molecule has 1 saturated carbocycles. The fraction of sp³-hybridized carbons (Fsp3) is 0.273. The van der Waals surface area contributed by atoms with Crippen LogP contribution in [0, 0.1) is 12.8 Å². The predicted molar refractivity (Wildman–Crippen MR) is 106 cm³/mol. The van der Waals surface area contributed by atoms with E-state index in [0.29, 0.717) is 17.4 Å².